The standard InChI is InChI=1S/C11H15NO2S2/c1-15-9-7-8(11(12)5-6-11)3-4-10(9)16(2,13)14/h3-4,7H,5-6,12H2,1-2H3. The Bertz CT molecular complexity index is 519. The summed E-state index contributed by atoms with van der Waals surface area (Å²) in [6.45, 7) is 0. The summed E-state index contributed by atoms with van der Waals surface area (Å²) in [5.41, 5.74) is 6.93. The summed E-state index contributed by atoms with van der Waals surface area (Å²) in [6, 6.07) is 5.42. The maximum absolute atomic E-state index is 11.5. The van der Waals surface area contributed by atoms with Crippen molar-refractivity contribution in [3.05, 3.63) is 23.8 Å². The number of hydrogen-bond acceptors (Lipinski definition) is 4. The van der Waals surface area contributed by atoms with Crippen LogP contribution in [-0.2, 0) is 15.4 Å². The topological polar surface area (TPSA) is 60.2 Å². The maximum atomic E-state index is 11.5. The number of thioether (sulfide) groups is 1. The zero-order valence-corrected chi connectivity index (χ0v) is 11.0. The summed E-state index contributed by atoms with van der Waals surface area (Å²) in [6.07, 6.45) is 5.08. The lowest BCUT2D eigenvalue weighted by molar-refractivity contribution is 0.599. The van der Waals surface area contributed by atoms with E-state index in [1.54, 1.807) is 6.07 Å². The van der Waals surface area contributed by atoms with Gasteiger partial charge >= 0.3 is 0 Å². The Balaban J connectivity index is 2.51. The molecule has 1 aliphatic rings. The molecule has 1 fully saturated rings. The van der Waals surface area contributed by atoms with E-state index >= 15 is 0 Å². The van der Waals surface area contributed by atoms with Crippen molar-refractivity contribution in [2.75, 3.05) is 12.5 Å². The monoisotopic (exact) mass is 257 g/mol. The van der Waals surface area contributed by atoms with Crippen molar-refractivity contribution in [1.82, 2.24) is 0 Å². The van der Waals surface area contributed by atoms with Gasteiger partial charge in [-0.15, -0.1) is 11.8 Å². The summed E-state index contributed by atoms with van der Waals surface area (Å²) in [5.74, 6) is 0. The van der Waals surface area contributed by atoms with Gasteiger partial charge in [-0.2, -0.15) is 0 Å². The lowest BCUT2D eigenvalue weighted by atomic mass is 10.1. The Morgan fingerprint density at radius 2 is 2.00 bits per heavy atom. The number of benzene rings is 1. The first kappa shape index (κ1) is 12.0. The fourth-order valence-electron chi connectivity index (χ4n) is 1.71. The number of nitrogens with two attached hydrogens (primary N) is 1. The van der Waals surface area contributed by atoms with Gasteiger partial charge in [-0.1, -0.05) is 6.07 Å². The summed E-state index contributed by atoms with van der Waals surface area (Å²) < 4.78 is 23.1. The van der Waals surface area contributed by atoms with Gasteiger partial charge in [0.25, 0.3) is 0 Å². The van der Waals surface area contributed by atoms with E-state index in [0.29, 0.717) is 4.90 Å². The van der Waals surface area contributed by atoms with Crippen LogP contribution < -0.4 is 5.73 Å². The van der Waals surface area contributed by atoms with Crippen LogP contribution in [0.2, 0.25) is 0 Å². The Hall–Kier alpha value is -0.520. The molecule has 0 bridgehead atoms. The van der Waals surface area contributed by atoms with Crippen molar-refractivity contribution in [1.29, 1.82) is 0 Å². The van der Waals surface area contributed by atoms with Gasteiger partial charge in [-0.3, -0.25) is 0 Å². The van der Waals surface area contributed by atoms with Gasteiger partial charge in [0, 0.05) is 16.7 Å². The van der Waals surface area contributed by atoms with Crippen LogP contribution in [0.25, 0.3) is 0 Å². The summed E-state index contributed by atoms with van der Waals surface area (Å²) in [4.78, 5) is 1.18. The maximum Gasteiger partial charge on any atom is 0.176 e. The lowest BCUT2D eigenvalue weighted by Gasteiger charge is -2.12. The molecule has 1 aromatic carbocycles. The predicted octanol–water partition coefficient (Wildman–Crippen LogP) is 1.76. The van der Waals surface area contributed by atoms with E-state index in [2.05, 4.69) is 0 Å². The predicted molar refractivity (Wildman–Crippen MR) is 66.4 cm³/mol. The van der Waals surface area contributed by atoms with Crippen LogP contribution in [0.5, 0.6) is 0 Å². The van der Waals surface area contributed by atoms with Gasteiger partial charge in [-0.25, -0.2) is 8.42 Å². The molecule has 0 aromatic heterocycles. The van der Waals surface area contributed by atoms with Gasteiger partial charge in [0.05, 0.1) is 4.90 Å². The second kappa shape index (κ2) is 3.75. The number of sulfone groups is 1. The fraction of sp³-hybridized carbons (Fsp3) is 0.455. The van der Waals surface area contributed by atoms with E-state index in [1.165, 1.54) is 18.0 Å². The molecular weight excluding hydrogens is 242 g/mol. The second-order valence-electron chi connectivity index (χ2n) is 4.29. The molecule has 3 nitrogen and oxygen atoms in total. The van der Waals surface area contributed by atoms with Crippen LogP contribution in [0.1, 0.15) is 18.4 Å². The van der Waals surface area contributed by atoms with Crippen LogP contribution in [-0.4, -0.2) is 20.9 Å². The highest BCUT2D eigenvalue weighted by Gasteiger charge is 2.40. The summed E-state index contributed by atoms with van der Waals surface area (Å²) >= 11 is 1.45. The molecule has 1 aromatic rings. The third kappa shape index (κ3) is 2.12. The van der Waals surface area contributed by atoms with Crippen LogP contribution in [0.15, 0.2) is 28.0 Å². The normalized spacial score (nSPS) is 18.4. The van der Waals surface area contributed by atoms with Crippen LogP contribution in [0.4, 0.5) is 0 Å². The first-order chi connectivity index (χ1) is 7.37. The molecule has 0 atom stereocenters. The molecule has 1 saturated carbocycles. The molecule has 2 N–H and O–H groups in total. The highest BCUT2D eigenvalue weighted by Crippen LogP contribution is 2.44. The molecule has 0 aliphatic heterocycles. The molecule has 0 radical (unpaired) electrons. The van der Waals surface area contributed by atoms with E-state index < -0.39 is 9.84 Å². The average molecular weight is 257 g/mol. The van der Waals surface area contributed by atoms with Crippen LogP contribution in [0, 0.1) is 0 Å². The zero-order chi connectivity index (χ0) is 12.0. The molecular formula is C11H15NO2S2. The molecule has 2 rings (SSSR count). The van der Waals surface area contributed by atoms with E-state index in [0.717, 1.165) is 23.3 Å². The largest absolute Gasteiger partial charge is 0.321 e. The van der Waals surface area contributed by atoms with Crippen LogP contribution in [0.3, 0.4) is 0 Å². The van der Waals surface area contributed by atoms with Gasteiger partial charge in [0.1, 0.15) is 0 Å². The molecule has 5 heteroatoms. The van der Waals surface area contributed by atoms with Gasteiger partial charge < -0.3 is 5.73 Å². The molecule has 0 unspecified atom stereocenters. The minimum atomic E-state index is -3.15. The lowest BCUT2D eigenvalue weighted by Crippen LogP contribution is -2.18. The zero-order valence-electron chi connectivity index (χ0n) is 9.36. The highest BCUT2D eigenvalue weighted by molar-refractivity contribution is 7.99. The van der Waals surface area contributed by atoms with Gasteiger partial charge in [-0.05, 0) is 36.8 Å². The van der Waals surface area contributed by atoms with Crippen molar-refractivity contribution in [2.24, 2.45) is 5.73 Å². The molecule has 88 valence electrons. The summed E-state index contributed by atoms with van der Waals surface area (Å²) in [5, 5.41) is 0. The SMILES string of the molecule is CSc1cc(C2(N)CC2)ccc1S(C)(=O)=O. The van der Waals surface area contributed by atoms with Crippen LogP contribution >= 0.6 is 11.8 Å². The molecule has 0 amide bonds. The van der Waals surface area contributed by atoms with Crippen molar-refractivity contribution >= 4 is 21.6 Å². The average Bonchev–Trinajstić information content (AvgIpc) is 2.95. The van der Waals surface area contributed by atoms with E-state index in [4.69, 9.17) is 5.73 Å². The highest BCUT2D eigenvalue weighted by atomic mass is 32.2. The minimum Gasteiger partial charge on any atom is -0.321 e. The van der Waals surface area contributed by atoms with E-state index in [-0.39, 0.29) is 5.54 Å². The molecule has 16 heavy (non-hydrogen) atoms. The Morgan fingerprint density at radius 3 is 2.44 bits per heavy atom. The summed E-state index contributed by atoms with van der Waals surface area (Å²) in [7, 11) is -3.15. The van der Waals surface area contributed by atoms with Crippen molar-refractivity contribution < 1.29 is 8.42 Å². The van der Waals surface area contributed by atoms with Crippen molar-refractivity contribution in [2.45, 2.75) is 28.2 Å². The molecule has 0 heterocycles. The van der Waals surface area contributed by atoms with E-state index in [9.17, 15) is 8.42 Å². The molecule has 0 spiro atoms. The smallest absolute Gasteiger partial charge is 0.176 e. The van der Waals surface area contributed by atoms with Crippen molar-refractivity contribution in [3.8, 4) is 0 Å². The molecule has 1 aliphatic carbocycles. The third-order valence-electron chi connectivity index (χ3n) is 2.93. The Labute approximate surface area is 100 Å². The molecule has 0 saturated heterocycles. The first-order valence-corrected chi connectivity index (χ1v) is 8.16. The quantitative estimate of drug-likeness (QED) is 0.838. The van der Waals surface area contributed by atoms with E-state index in [1.807, 2.05) is 18.4 Å². The number of hydrogen-bond donors (Lipinski definition) is 1. The fourth-order valence-corrected chi connectivity index (χ4v) is 3.66. The van der Waals surface area contributed by atoms with Gasteiger partial charge in [0.15, 0.2) is 9.84 Å². The Morgan fingerprint density at radius 1 is 1.38 bits per heavy atom. The number of rotatable bonds is 3. The minimum absolute atomic E-state index is 0.208. The van der Waals surface area contributed by atoms with Crippen molar-refractivity contribution in [3.63, 3.8) is 0 Å². The Kier molecular flexibility index (Phi) is 2.80. The second-order valence-corrected chi connectivity index (χ2v) is 7.13. The third-order valence-corrected chi connectivity index (χ3v) is 4.99. The van der Waals surface area contributed by atoms with Gasteiger partial charge in [0.2, 0.25) is 0 Å². The first-order valence-electron chi connectivity index (χ1n) is 5.04.